The minimum absolute atomic E-state index is 0.151. The minimum atomic E-state index is -4.21. The summed E-state index contributed by atoms with van der Waals surface area (Å²) in [6.07, 6.45) is 2.67. The third-order valence-electron chi connectivity index (χ3n) is 2.54. The molecule has 1 aromatic carbocycles. The molecule has 7 nitrogen and oxygen atoms in total. The molecule has 0 aliphatic heterocycles. The van der Waals surface area contributed by atoms with Crippen LogP contribution in [0.5, 0.6) is 0 Å². The molecule has 23 heavy (non-hydrogen) atoms. The standard InChI is InChI=1S/C9H6O2.C5H13O4P.CH5N/c10-9-6-5-7-3-1-2-4-8(7)11-9;1-2-3-4-5-9-10(6,7)8;1-2/h1-6H;2-5H2,1H3,(H2,6,7,8);2H2,1H3. The maximum Gasteiger partial charge on any atom is 0.469 e. The van der Waals surface area contributed by atoms with Crippen LogP contribution in [0.25, 0.3) is 11.0 Å². The smallest absolute Gasteiger partial charge is 0.423 e. The molecular weight excluding hydrogens is 321 g/mol. The molecule has 0 fully saturated rings. The fourth-order valence-corrected chi connectivity index (χ4v) is 1.91. The van der Waals surface area contributed by atoms with Gasteiger partial charge in [-0.2, -0.15) is 0 Å². The van der Waals surface area contributed by atoms with Crippen molar-refractivity contribution in [2.75, 3.05) is 13.7 Å². The van der Waals surface area contributed by atoms with E-state index in [9.17, 15) is 9.36 Å². The third-order valence-corrected chi connectivity index (χ3v) is 3.05. The van der Waals surface area contributed by atoms with E-state index in [0.717, 1.165) is 18.2 Å². The summed E-state index contributed by atoms with van der Waals surface area (Å²) >= 11 is 0. The Balaban J connectivity index is 0.000000383. The number of phosphoric ester groups is 1. The molecule has 0 amide bonds. The number of unbranched alkanes of at least 4 members (excludes halogenated alkanes) is 2. The van der Waals surface area contributed by atoms with Crippen LogP contribution in [0.4, 0.5) is 0 Å². The number of benzene rings is 1. The number of hydrogen-bond donors (Lipinski definition) is 3. The lowest BCUT2D eigenvalue weighted by atomic mass is 10.2. The molecule has 0 unspecified atom stereocenters. The Morgan fingerprint density at radius 1 is 1.13 bits per heavy atom. The van der Waals surface area contributed by atoms with Crippen molar-refractivity contribution in [1.82, 2.24) is 0 Å². The first-order valence-electron chi connectivity index (χ1n) is 7.19. The Morgan fingerprint density at radius 3 is 2.39 bits per heavy atom. The molecule has 2 rings (SSSR count). The number of rotatable bonds is 5. The van der Waals surface area contributed by atoms with Crippen LogP contribution in [-0.2, 0) is 9.09 Å². The van der Waals surface area contributed by atoms with Crippen molar-refractivity contribution in [2.45, 2.75) is 26.2 Å². The van der Waals surface area contributed by atoms with E-state index in [4.69, 9.17) is 14.2 Å². The van der Waals surface area contributed by atoms with Crippen molar-refractivity contribution in [3.63, 3.8) is 0 Å². The first kappa shape index (κ1) is 21.5. The number of para-hydroxylation sites is 1. The maximum absolute atomic E-state index is 10.7. The van der Waals surface area contributed by atoms with Crippen LogP contribution < -0.4 is 11.4 Å². The molecule has 0 spiro atoms. The summed E-state index contributed by atoms with van der Waals surface area (Å²) in [7, 11) is -2.71. The van der Waals surface area contributed by atoms with Gasteiger partial charge in [0.05, 0.1) is 6.61 Å². The molecule has 130 valence electrons. The molecule has 0 aliphatic rings. The van der Waals surface area contributed by atoms with E-state index >= 15 is 0 Å². The Kier molecular flexibility index (Phi) is 11.2. The van der Waals surface area contributed by atoms with E-state index < -0.39 is 7.82 Å². The molecule has 0 atom stereocenters. The van der Waals surface area contributed by atoms with E-state index in [0.29, 0.717) is 12.0 Å². The lowest BCUT2D eigenvalue weighted by molar-refractivity contribution is 0.193. The summed E-state index contributed by atoms with van der Waals surface area (Å²) in [4.78, 5) is 27.1. The molecule has 1 aromatic heterocycles. The number of hydrogen-bond acceptors (Lipinski definition) is 5. The van der Waals surface area contributed by atoms with E-state index in [2.05, 4.69) is 10.3 Å². The number of nitrogens with two attached hydrogens (primary N) is 1. The van der Waals surface area contributed by atoms with Crippen LogP contribution in [0, 0.1) is 0 Å². The van der Waals surface area contributed by atoms with E-state index in [1.807, 2.05) is 25.1 Å². The molecule has 8 heteroatoms. The molecule has 0 bridgehead atoms. The van der Waals surface area contributed by atoms with Crippen molar-refractivity contribution in [3.05, 3.63) is 46.8 Å². The van der Waals surface area contributed by atoms with Crippen LogP contribution >= 0.6 is 7.82 Å². The molecule has 0 radical (unpaired) electrons. The predicted octanol–water partition coefficient (Wildman–Crippen LogP) is 2.65. The van der Waals surface area contributed by atoms with Gasteiger partial charge < -0.3 is 19.9 Å². The molecule has 1 heterocycles. The van der Waals surface area contributed by atoms with Crippen molar-refractivity contribution >= 4 is 18.8 Å². The molecule has 2 aromatic rings. The van der Waals surface area contributed by atoms with Crippen molar-refractivity contribution in [3.8, 4) is 0 Å². The lowest BCUT2D eigenvalue weighted by Crippen LogP contribution is -1.93. The van der Waals surface area contributed by atoms with Crippen LogP contribution in [-0.4, -0.2) is 23.4 Å². The van der Waals surface area contributed by atoms with Gasteiger partial charge in [-0.3, -0.25) is 4.52 Å². The normalized spacial score (nSPS) is 10.3. The summed E-state index contributed by atoms with van der Waals surface area (Å²) in [5, 5.41) is 0.951. The second kappa shape index (κ2) is 12.0. The quantitative estimate of drug-likeness (QED) is 0.432. The second-order valence-electron chi connectivity index (χ2n) is 4.32. The zero-order chi connectivity index (χ0) is 17.7. The second-order valence-corrected chi connectivity index (χ2v) is 5.56. The fourth-order valence-electron chi connectivity index (χ4n) is 1.55. The van der Waals surface area contributed by atoms with Gasteiger partial charge in [0, 0.05) is 11.5 Å². The summed E-state index contributed by atoms with van der Waals surface area (Å²) in [5.74, 6) is 0. The average molecular weight is 345 g/mol. The van der Waals surface area contributed by atoms with Gasteiger partial charge in [0.15, 0.2) is 0 Å². The summed E-state index contributed by atoms with van der Waals surface area (Å²) in [5.41, 5.74) is 4.84. The van der Waals surface area contributed by atoms with Gasteiger partial charge in [-0.15, -0.1) is 0 Å². The van der Waals surface area contributed by atoms with E-state index in [-0.39, 0.29) is 12.2 Å². The molecule has 0 aliphatic carbocycles. The summed E-state index contributed by atoms with van der Waals surface area (Å²) in [6, 6.07) is 10.6. The molecule has 4 N–H and O–H groups in total. The zero-order valence-electron chi connectivity index (χ0n) is 13.3. The first-order valence-corrected chi connectivity index (χ1v) is 8.72. The highest BCUT2D eigenvalue weighted by Crippen LogP contribution is 2.35. The number of fused-ring (bicyclic) bond motifs is 1. The fraction of sp³-hybridized carbons (Fsp3) is 0.400. The lowest BCUT2D eigenvalue weighted by Gasteiger charge is -2.02. The highest BCUT2D eigenvalue weighted by Gasteiger charge is 2.11. The molecule has 0 saturated heterocycles. The van der Waals surface area contributed by atoms with Gasteiger partial charge in [-0.1, -0.05) is 38.0 Å². The summed E-state index contributed by atoms with van der Waals surface area (Å²) < 4.78 is 19.2. The van der Waals surface area contributed by atoms with Crippen LogP contribution in [0.15, 0.2) is 45.6 Å². The Hall–Kier alpha value is -1.50. The van der Waals surface area contributed by atoms with Crippen molar-refractivity contribution < 1.29 is 23.3 Å². The van der Waals surface area contributed by atoms with E-state index in [1.165, 1.54) is 13.1 Å². The topological polar surface area (TPSA) is 123 Å². The minimum Gasteiger partial charge on any atom is -0.423 e. The van der Waals surface area contributed by atoms with Crippen molar-refractivity contribution in [1.29, 1.82) is 0 Å². The summed E-state index contributed by atoms with van der Waals surface area (Å²) in [6.45, 7) is 2.16. The molecular formula is C15H24NO6P. The molecule has 0 saturated carbocycles. The number of phosphoric acid groups is 1. The SMILES string of the molecule is CCCCCOP(=O)(O)O.CN.O=c1ccc2ccccc2o1. The van der Waals surface area contributed by atoms with Crippen molar-refractivity contribution in [2.24, 2.45) is 5.73 Å². The Bertz CT molecular complexity index is 651. The van der Waals surface area contributed by atoms with Gasteiger partial charge in [0.2, 0.25) is 0 Å². The van der Waals surface area contributed by atoms with E-state index in [1.54, 1.807) is 12.1 Å². The first-order chi connectivity index (χ1) is 10.9. The Labute approximate surface area is 135 Å². The monoisotopic (exact) mass is 345 g/mol. The van der Waals surface area contributed by atoms with Gasteiger partial charge >= 0.3 is 13.4 Å². The predicted molar refractivity (Wildman–Crippen MR) is 90.1 cm³/mol. The van der Waals surface area contributed by atoms with Gasteiger partial charge in [0.25, 0.3) is 0 Å². The van der Waals surface area contributed by atoms with Gasteiger partial charge in [-0.05, 0) is 25.6 Å². The largest absolute Gasteiger partial charge is 0.469 e. The van der Waals surface area contributed by atoms with Crippen LogP contribution in [0.2, 0.25) is 0 Å². The third kappa shape index (κ3) is 10.8. The Morgan fingerprint density at radius 2 is 1.78 bits per heavy atom. The zero-order valence-corrected chi connectivity index (χ0v) is 14.2. The average Bonchev–Trinajstić information content (AvgIpc) is 2.53. The van der Waals surface area contributed by atoms with Gasteiger partial charge in [0.1, 0.15) is 5.58 Å². The van der Waals surface area contributed by atoms with Gasteiger partial charge in [-0.25, -0.2) is 9.36 Å². The van der Waals surface area contributed by atoms with Crippen LogP contribution in [0.3, 0.4) is 0 Å². The maximum atomic E-state index is 10.7. The highest BCUT2D eigenvalue weighted by molar-refractivity contribution is 7.46. The van der Waals surface area contributed by atoms with Crippen LogP contribution in [0.1, 0.15) is 26.2 Å². The highest BCUT2D eigenvalue weighted by atomic mass is 31.2.